The molecule has 1 heterocycles. The molecule has 260 valence electrons. The molecule has 15 heteroatoms. The van der Waals surface area contributed by atoms with E-state index in [1.807, 2.05) is 55.8 Å². The zero-order valence-electron chi connectivity index (χ0n) is 27.4. The van der Waals surface area contributed by atoms with Crippen LogP contribution in [0.5, 0.6) is 0 Å². The first-order valence-corrected chi connectivity index (χ1v) is 16.7. The van der Waals surface area contributed by atoms with Gasteiger partial charge in [0.05, 0.1) is 27.2 Å². The number of benzene rings is 3. The van der Waals surface area contributed by atoms with Crippen LogP contribution < -0.4 is 10.0 Å². The Labute approximate surface area is 284 Å². The molecule has 0 aliphatic carbocycles. The van der Waals surface area contributed by atoms with Gasteiger partial charge in [-0.1, -0.05) is 38.1 Å². The third-order valence-corrected chi connectivity index (χ3v) is 9.56. The fourth-order valence-electron chi connectivity index (χ4n) is 4.92. The van der Waals surface area contributed by atoms with Gasteiger partial charge in [0.2, 0.25) is 0 Å². The van der Waals surface area contributed by atoms with Crippen LogP contribution in [0.25, 0.3) is 11.0 Å². The third kappa shape index (κ3) is 10.2. The van der Waals surface area contributed by atoms with Crippen molar-refractivity contribution >= 4 is 50.5 Å². The number of aromatic carboxylic acids is 1. The summed E-state index contributed by atoms with van der Waals surface area (Å²) in [7, 11) is -2.03. The summed E-state index contributed by atoms with van der Waals surface area (Å²) in [5.41, 5.74) is 9.44. The van der Waals surface area contributed by atoms with Gasteiger partial charge in [-0.2, -0.15) is 0 Å². The Morgan fingerprint density at radius 2 is 1.43 bits per heavy atom. The number of nitrogens with zero attached hydrogens (tertiary/aromatic N) is 4. The lowest BCUT2D eigenvalue weighted by Gasteiger charge is -2.28. The summed E-state index contributed by atoms with van der Waals surface area (Å²) in [4.78, 5) is 37.4. The van der Waals surface area contributed by atoms with E-state index in [-0.39, 0.29) is 22.8 Å². The van der Waals surface area contributed by atoms with Crippen LogP contribution in [-0.2, 0) is 39.5 Å². The fraction of sp³-hybridized carbons (Fsp3) is 0.265. The molecule has 0 saturated carbocycles. The maximum Gasteiger partial charge on any atom is 0.335 e. The van der Waals surface area contributed by atoms with E-state index in [0.717, 1.165) is 36.4 Å². The van der Waals surface area contributed by atoms with Crippen LogP contribution in [0, 0.1) is 5.41 Å². The molecule has 0 fully saturated rings. The number of amidine groups is 1. The van der Waals surface area contributed by atoms with Crippen molar-refractivity contribution in [1.82, 2.24) is 14.5 Å². The first-order valence-electron chi connectivity index (χ1n) is 15.3. The SMILES string of the molecule is CCN(CC)CCN(c1ccc2c(c1)nc(CCc1ccc(C(=N)N)cc1)n2C)S(=O)(=O)c1ccc(C(=O)O)cc1.O=C(O)/C=C/C(=O)O. The zero-order valence-corrected chi connectivity index (χ0v) is 28.2. The number of fused-ring (bicyclic) bond motifs is 1. The number of nitrogens with two attached hydrogens (primary N) is 1. The number of carboxylic acids is 3. The topological polar surface area (TPSA) is 220 Å². The highest BCUT2D eigenvalue weighted by Crippen LogP contribution is 2.28. The molecular formula is C34H40N6O8S. The van der Waals surface area contributed by atoms with Gasteiger partial charge in [-0.15, -0.1) is 0 Å². The first-order chi connectivity index (χ1) is 23.2. The number of likely N-dealkylation sites (N-methyl/N-ethyl adjacent to an activating group) is 1. The number of aryl methyl sites for hydroxylation is 3. The van der Waals surface area contributed by atoms with Crippen molar-refractivity contribution in [2.45, 2.75) is 31.6 Å². The molecule has 0 unspecified atom stereocenters. The molecule has 0 aliphatic heterocycles. The molecule has 0 atom stereocenters. The van der Waals surface area contributed by atoms with Crippen molar-refractivity contribution in [1.29, 1.82) is 5.41 Å². The van der Waals surface area contributed by atoms with Crippen molar-refractivity contribution in [3.63, 3.8) is 0 Å². The number of hydrogen-bond donors (Lipinski definition) is 5. The molecule has 0 aliphatic rings. The minimum absolute atomic E-state index is 0.0240. The van der Waals surface area contributed by atoms with Crippen LogP contribution in [0.3, 0.4) is 0 Å². The van der Waals surface area contributed by atoms with Gasteiger partial charge in [0.25, 0.3) is 10.0 Å². The average molecular weight is 693 g/mol. The maximum atomic E-state index is 13.9. The second-order valence-electron chi connectivity index (χ2n) is 10.8. The van der Waals surface area contributed by atoms with Crippen LogP contribution in [0.15, 0.2) is 83.8 Å². The Bertz CT molecular complexity index is 1920. The molecule has 0 spiro atoms. The van der Waals surface area contributed by atoms with E-state index < -0.39 is 27.9 Å². The highest BCUT2D eigenvalue weighted by molar-refractivity contribution is 7.92. The molecule has 0 bridgehead atoms. The Morgan fingerprint density at radius 1 is 0.857 bits per heavy atom. The van der Waals surface area contributed by atoms with Crippen molar-refractivity contribution in [2.24, 2.45) is 12.8 Å². The van der Waals surface area contributed by atoms with Gasteiger partial charge in [0.15, 0.2) is 0 Å². The van der Waals surface area contributed by atoms with Crippen LogP contribution in [0.2, 0.25) is 0 Å². The van der Waals surface area contributed by atoms with Crippen LogP contribution >= 0.6 is 0 Å². The number of nitrogen functional groups attached to an aromatic ring is 1. The van der Waals surface area contributed by atoms with Crippen LogP contribution in [0.4, 0.5) is 5.69 Å². The number of carbonyl (C=O) groups is 3. The molecule has 0 radical (unpaired) electrons. The quantitative estimate of drug-likeness (QED) is 0.0688. The summed E-state index contributed by atoms with van der Waals surface area (Å²) < 4.78 is 31.1. The summed E-state index contributed by atoms with van der Waals surface area (Å²) in [5.74, 6) is -2.72. The van der Waals surface area contributed by atoms with E-state index in [2.05, 4.69) is 4.90 Å². The second-order valence-corrected chi connectivity index (χ2v) is 12.7. The smallest absolute Gasteiger partial charge is 0.335 e. The standard InChI is InChI=1S/C30H36N6O4S.C4H4O4/c1-4-35(5-2)18-19-36(41(39,40)25-14-11-23(12-15-25)30(37)38)24-13-16-27-26(20-24)33-28(34(27)3)17-8-21-6-9-22(10-7-21)29(31)32;5-3(6)1-2-4(7)8/h6-7,9-16,20H,4-5,8,17-19H2,1-3H3,(H3,31,32)(H,37,38);1-2H,(H,5,6)(H,7,8)/b;2-1+. The molecule has 6 N–H and O–H groups in total. The number of imidazole rings is 1. The molecule has 4 rings (SSSR count). The number of aliphatic carboxylic acids is 2. The number of carboxylic acid groups (broad SMARTS) is 3. The van der Waals surface area contributed by atoms with E-state index in [4.69, 9.17) is 26.3 Å². The fourth-order valence-corrected chi connectivity index (χ4v) is 6.37. The lowest BCUT2D eigenvalue weighted by atomic mass is 10.1. The van der Waals surface area contributed by atoms with E-state index in [9.17, 15) is 27.9 Å². The molecule has 49 heavy (non-hydrogen) atoms. The summed E-state index contributed by atoms with van der Waals surface area (Å²) in [6.07, 6.45) is 2.55. The summed E-state index contributed by atoms with van der Waals surface area (Å²) in [6.45, 7) is 6.41. The zero-order chi connectivity index (χ0) is 36.3. The monoisotopic (exact) mass is 692 g/mol. The highest BCUT2D eigenvalue weighted by atomic mass is 32.2. The Balaban J connectivity index is 0.000000723. The number of hydrogen-bond acceptors (Lipinski definition) is 8. The van der Waals surface area contributed by atoms with E-state index in [0.29, 0.717) is 41.9 Å². The van der Waals surface area contributed by atoms with Crippen LogP contribution in [0.1, 0.15) is 41.2 Å². The Kier molecular flexibility index (Phi) is 13.2. The second kappa shape index (κ2) is 17.0. The molecule has 3 aromatic carbocycles. The van der Waals surface area contributed by atoms with Crippen molar-refractivity contribution in [2.75, 3.05) is 30.5 Å². The minimum atomic E-state index is -3.98. The number of rotatable bonds is 15. The molecular weight excluding hydrogens is 652 g/mol. The van der Waals surface area contributed by atoms with Gasteiger partial charge in [-0.3, -0.25) is 9.71 Å². The van der Waals surface area contributed by atoms with Gasteiger partial charge < -0.3 is 30.5 Å². The summed E-state index contributed by atoms with van der Waals surface area (Å²) in [5, 5.41) is 32.4. The minimum Gasteiger partial charge on any atom is -0.478 e. The van der Waals surface area contributed by atoms with Crippen molar-refractivity contribution in [3.05, 3.63) is 101 Å². The average Bonchev–Trinajstić information content (AvgIpc) is 3.39. The predicted octanol–water partition coefficient (Wildman–Crippen LogP) is 3.59. The first kappa shape index (κ1) is 37.9. The third-order valence-electron chi connectivity index (χ3n) is 7.72. The van der Waals surface area contributed by atoms with Gasteiger partial charge in [-0.05, 0) is 67.5 Å². The molecule has 0 amide bonds. The van der Waals surface area contributed by atoms with Gasteiger partial charge in [0, 0.05) is 44.3 Å². The summed E-state index contributed by atoms with van der Waals surface area (Å²) >= 11 is 0. The number of sulfonamides is 1. The number of anilines is 1. The highest BCUT2D eigenvalue weighted by Gasteiger charge is 2.26. The van der Waals surface area contributed by atoms with Gasteiger partial charge >= 0.3 is 17.9 Å². The van der Waals surface area contributed by atoms with Crippen molar-refractivity contribution < 1.29 is 38.1 Å². The normalized spacial score (nSPS) is 11.3. The van der Waals surface area contributed by atoms with Gasteiger partial charge in [0.1, 0.15) is 11.7 Å². The number of nitrogens with one attached hydrogen (secondary N) is 1. The predicted molar refractivity (Wildman–Crippen MR) is 186 cm³/mol. The van der Waals surface area contributed by atoms with E-state index in [1.165, 1.54) is 28.6 Å². The lowest BCUT2D eigenvalue weighted by Crippen LogP contribution is -2.38. The van der Waals surface area contributed by atoms with Crippen LogP contribution in [-0.4, -0.2) is 88.1 Å². The Morgan fingerprint density at radius 3 is 1.94 bits per heavy atom. The maximum absolute atomic E-state index is 13.9. The van der Waals surface area contributed by atoms with Gasteiger partial charge in [-0.25, -0.2) is 27.8 Å². The van der Waals surface area contributed by atoms with Crippen molar-refractivity contribution in [3.8, 4) is 0 Å². The lowest BCUT2D eigenvalue weighted by molar-refractivity contribution is -0.134. The number of aromatic nitrogens is 2. The van der Waals surface area contributed by atoms with E-state index >= 15 is 0 Å². The molecule has 1 aromatic heterocycles. The molecule has 14 nitrogen and oxygen atoms in total. The molecule has 4 aromatic rings. The Hall–Kier alpha value is -5.54. The molecule has 0 saturated heterocycles. The largest absolute Gasteiger partial charge is 0.478 e. The van der Waals surface area contributed by atoms with E-state index in [1.54, 1.807) is 12.1 Å². The summed E-state index contributed by atoms with van der Waals surface area (Å²) in [6, 6.07) is 18.3.